The summed E-state index contributed by atoms with van der Waals surface area (Å²) in [5.74, 6) is 4.35. The van der Waals surface area contributed by atoms with E-state index in [4.69, 9.17) is 0 Å². The Morgan fingerprint density at radius 2 is 2.00 bits per heavy atom. The topological polar surface area (TPSA) is 75.5 Å². The first-order valence-corrected chi connectivity index (χ1v) is 1.03. The summed E-state index contributed by atoms with van der Waals surface area (Å²) in [5, 5.41) is 9.22. The molecular formula is H2FN5. The Morgan fingerprint density at radius 1 is 1.33 bits per heavy atom. The maximum Gasteiger partial charge on any atom is 0.0435 e. The molecule has 0 radical (unpaired) electrons. The highest BCUT2D eigenvalue weighted by molar-refractivity contribution is 3.93. The van der Waals surface area contributed by atoms with Crippen molar-refractivity contribution in [3.05, 3.63) is 0 Å². The van der Waals surface area contributed by atoms with Crippen LogP contribution in [0, 0.1) is 0 Å². The lowest BCUT2D eigenvalue weighted by Gasteiger charge is -1.59. The number of nitrogens with zero attached hydrogens (tertiary/aromatic N) is 4. The van der Waals surface area contributed by atoms with Gasteiger partial charge in [0.1, 0.15) is 0 Å². The predicted octanol–water partition coefficient (Wildman–Crippen LogP) is 0.564. The van der Waals surface area contributed by atoms with Crippen LogP contribution in [-0.4, -0.2) is 0 Å². The van der Waals surface area contributed by atoms with Crippen LogP contribution in [0.3, 0.4) is 0 Å². The number of halogens is 1. The van der Waals surface area contributed by atoms with Crippen LogP contribution in [0.5, 0.6) is 0 Å². The van der Waals surface area contributed by atoms with E-state index in [0.29, 0.717) is 0 Å². The molecule has 0 saturated carbocycles. The van der Waals surface area contributed by atoms with Gasteiger partial charge in [0, 0.05) is 10.6 Å². The number of hydrogen-bond donors (Lipinski definition) is 1. The Morgan fingerprint density at radius 3 is 2.17 bits per heavy atom. The van der Waals surface area contributed by atoms with E-state index in [9.17, 15) is 4.48 Å². The maximum absolute atomic E-state index is 10.4. The highest BCUT2D eigenvalue weighted by Gasteiger charge is 1.54. The summed E-state index contributed by atoms with van der Waals surface area (Å²) in [6.45, 7) is 0. The van der Waals surface area contributed by atoms with Gasteiger partial charge >= 0.3 is 0 Å². The fourth-order valence-corrected chi connectivity index (χ4v) is 0.0382. The first-order valence-electron chi connectivity index (χ1n) is 1.03. The molecule has 0 heterocycles. The van der Waals surface area contributed by atoms with Crippen LogP contribution in [0.1, 0.15) is 0 Å². The van der Waals surface area contributed by atoms with Gasteiger partial charge in [-0.3, -0.25) is 0 Å². The smallest absolute Gasteiger partial charge is 0.0435 e. The molecule has 0 aliphatic carbocycles. The molecule has 6 heteroatoms. The summed E-state index contributed by atoms with van der Waals surface area (Å²) in [7, 11) is 0. The van der Waals surface area contributed by atoms with Crippen molar-refractivity contribution < 1.29 is 4.48 Å². The molecule has 0 aromatic heterocycles. The van der Waals surface area contributed by atoms with Crippen molar-refractivity contribution in [2.45, 2.75) is 0 Å². The zero-order valence-corrected chi connectivity index (χ0v) is 2.74. The molecule has 0 atom stereocenters. The molecule has 0 aromatic rings. The number of hydrogen-bond acceptors (Lipinski definition) is 2. The van der Waals surface area contributed by atoms with Crippen molar-refractivity contribution in [3.8, 4) is 0 Å². The molecule has 0 rings (SSSR count). The van der Waals surface area contributed by atoms with Crippen LogP contribution >= 0.6 is 0 Å². The maximum atomic E-state index is 10.4. The lowest BCUT2D eigenvalue weighted by atomic mass is 12.5. The van der Waals surface area contributed by atoms with E-state index < -0.39 is 0 Å². The summed E-state index contributed by atoms with van der Waals surface area (Å²) >= 11 is 0. The Labute approximate surface area is 32.6 Å². The van der Waals surface area contributed by atoms with Gasteiger partial charge in [0.2, 0.25) is 0 Å². The fourth-order valence-electron chi connectivity index (χ4n) is 0.0382. The Kier molecular flexibility index (Phi) is 3.23. The highest BCUT2D eigenvalue weighted by Crippen LogP contribution is 1.73. The molecule has 0 aliphatic heterocycles. The second-order valence-electron chi connectivity index (χ2n) is 0.370. The molecule has 0 fully saturated rings. The summed E-state index contributed by atoms with van der Waals surface area (Å²) in [5.41, 5.74) is 0. The van der Waals surface area contributed by atoms with Crippen molar-refractivity contribution in [1.82, 2.24) is 0 Å². The van der Waals surface area contributed by atoms with Gasteiger partial charge in [0.15, 0.2) is 0 Å². The molecule has 0 aromatic carbocycles. The quantitative estimate of drug-likeness (QED) is 0.286. The number of rotatable bonds is 1. The predicted molar refractivity (Wildman–Crippen MR) is 15.0 cm³/mol. The van der Waals surface area contributed by atoms with Crippen LogP contribution in [0.4, 0.5) is 4.48 Å². The molecule has 0 spiro atoms. The molecule has 0 unspecified atom stereocenters. The standard InChI is InChI=1S/FH2N5/c1-3-5-6-4-2/h(H2,2,3,6). The Balaban J connectivity index is 3.07. The summed E-state index contributed by atoms with van der Waals surface area (Å²) in [6, 6.07) is 0. The van der Waals surface area contributed by atoms with E-state index in [1.165, 1.54) is 0 Å². The van der Waals surface area contributed by atoms with Crippen molar-refractivity contribution in [2.24, 2.45) is 26.8 Å². The van der Waals surface area contributed by atoms with Gasteiger partial charge in [-0.25, -0.2) is 0 Å². The summed E-state index contributed by atoms with van der Waals surface area (Å²) < 4.78 is 10.4. The van der Waals surface area contributed by atoms with E-state index >= 15 is 0 Å². The molecule has 2 N–H and O–H groups in total. The molecular weight excluding hydrogens is 89.0 g/mol. The minimum Gasteiger partial charge on any atom is -0.303 e. The highest BCUT2D eigenvalue weighted by atomic mass is 19.2. The Bertz CT molecular complexity index is 52.3. The lowest BCUT2D eigenvalue weighted by Crippen LogP contribution is -1.70. The van der Waals surface area contributed by atoms with Crippen LogP contribution < -0.4 is 5.84 Å². The minimum absolute atomic E-state index is 1.71. The fraction of sp³-hybridized carbons (Fsp3) is 0. The second-order valence-corrected chi connectivity index (χ2v) is 0.370. The first-order chi connectivity index (χ1) is 2.91. The van der Waals surface area contributed by atoms with Crippen molar-refractivity contribution in [1.29, 1.82) is 0 Å². The van der Waals surface area contributed by atoms with Gasteiger partial charge in [-0.2, -0.15) is 0 Å². The van der Waals surface area contributed by atoms with Gasteiger partial charge in [-0.05, 0) is 5.22 Å². The molecule has 0 amide bonds. The van der Waals surface area contributed by atoms with Crippen LogP contribution in [0.2, 0.25) is 0 Å². The lowest BCUT2D eigenvalue weighted by molar-refractivity contribution is 0.474. The van der Waals surface area contributed by atoms with Gasteiger partial charge < -0.3 is 5.84 Å². The third-order valence-electron chi connectivity index (χ3n) is 0.125. The molecule has 0 aliphatic rings. The zero-order chi connectivity index (χ0) is 4.83. The first kappa shape index (κ1) is 4.93. The van der Waals surface area contributed by atoms with Crippen LogP contribution in [0.25, 0.3) is 0 Å². The van der Waals surface area contributed by atoms with E-state index in [1.807, 2.05) is 0 Å². The molecule has 34 valence electrons. The number of nitrogens with two attached hydrogens (primary N) is 1. The van der Waals surface area contributed by atoms with Gasteiger partial charge in [-0.15, -0.1) is 0 Å². The van der Waals surface area contributed by atoms with Gasteiger partial charge in [0.25, 0.3) is 0 Å². The van der Waals surface area contributed by atoms with Crippen molar-refractivity contribution in [2.75, 3.05) is 0 Å². The normalized spacial score (nSPS) is 11.5. The minimum atomic E-state index is 1.71. The zero-order valence-electron chi connectivity index (χ0n) is 2.74. The largest absolute Gasteiger partial charge is 0.303 e. The van der Waals surface area contributed by atoms with Crippen LogP contribution in [-0.2, 0) is 0 Å². The third kappa shape index (κ3) is 2.93. The van der Waals surface area contributed by atoms with Crippen LogP contribution in [0.15, 0.2) is 21.0 Å². The third-order valence-corrected chi connectivity index (χ3v) is 0.125. The molecule has 6 heavy (non-hydrogen) atoms. The summed E-state index contributed by atoms with van der Waals surface area (Å²) in [6.07, 6.45) is 0. The molecule has 5 nitrogen and oxygen atoms in total. The SMILES string of the molecule is NN=NN=NF. The van der Waals surface area contributed by atoms with E-state index in [2.05, 4.69) is 21.5 Å². The van der Waals surface area contributed by atoms with E-state index in [-0.39, 0.29) is 0 Å². The average molecular weight is 91.0 g/mol. The van der Waals surface area contributed by atoms with E-state index in [0.717, 1.165) is 0 Å². The summed E-state index contributed by atoms with van der Waals surface area (Å²) in [4.78, 5) is 0. The second kappa shape index (κ2) is 3.93. The van der Waals surface area contributed by atoms with E-state index in [1.54, 1.807) is 5.34 Å². The van der Waals surface area contributed by atoms with Crippen molar-refractivity contribution in [3.63, 3.8) is 0 Å². The monoisotopic (exact) mass is 91.0 g/mol. The van der Waals surface area contributed by atoms with Gasteiger partial charge in [0.05, 0.1) is 0 Å². The van der Waals surface area contributed by atoms with Crippen molar-refractivity contribution >= 4 is 0 Å². The Hall–Kier alpha value is -1.07. The molecule has 0 bridgehead atoms. The molecule has 0 saturated heterocycles. The van der Waals surface area contributed by atoms with Gasteiger partial charge in [-0.1, -0.05) is 9.70 Å². The average Bonchev–Trinajstić information content (AvgIpc) is 1.61.